The third-order valence-corrected chi connectivity index (χ3v) is 15.3. The Bertz CT molecular complexity index is 2600. The van der Waals surface area contributed by atoms with Gasteiger partial charge < -0.3 is 54.5 Å². The molecule has 17 nitrogen and oxygen atoms in total. The number of likely N-dealkylation sites (tertiary alicyclic amines) is 2. The summed E-state index contributed by atoms with van der Waals surface area (Å²) in [5.41, 5.74) is -0.216. The number of amides is 2. The maximum absolute atomic E-state index is 14.9. The van der Waals surface area contributed by atoms with Crippen molar-refractivity contribution in [3.8, 4) is 17.2 Å². The van der Waals surface area contributed by atoms with Gasteiger partial charge in [-0.2, -0.15) is 0 Å². The minimum Gasteiger partial charge on any atom is -0.507 e. The number of phenolic OH excluding ortho intramolecular Hbond substituents is 2. The van der Waals surface area contributed by atoms with E-state index in [1.165, 1.54) is 39.4 Å². The van der Waals surface area contributed by atoms with Gasteiger partial charge in [0.2, 0.25) is 5.91 Å². The molecule has 0 aromatic heterocycles. The molecule has 0 aliphatic carbocycles. The quantitative estimate of drug-likeness (QED) is 0.139. The molecule has 2 saturated heterocycles. The van der Waals surface area contributed by atoms with E-state index in [4.69, 9.17) is 23.9 Å². The number of rotatable bonds is 6. The van der Waals surface area contributed by atoms with Gasteiger partial charge in [-0.25, -0.2) is 4.99 Å². The number of piperidine rings is 2. The molecule has 1 unspecified atom stereocenters. The SMILES string of the molecule is CO[C@H]1/C=C/O[C@@]2(C)Oc3c(C)c(O)c4c(O)c(c5c(c4c3C2=O)NC2(CCN(CC(C)C)CC2)N=5)=NC(=O)/C(C)=C\C=C\[C@H](C)[C@H](O)[C@@H](C)[C@@H](O)[C@@H](C)[C@H](OC(=O)C(C)C(=O)N2CCCCC2)[C@@H]1C. The topological polar surface area (TPSA) is 229 Å². The number of fused-ring (bicyclic) bond motifs is 13. The lowest BCUT2D eigenvalue weighted by atomic mass is 9.78. The fourth-order valence-corrected chi connectivity index (χ4v) is 10.8. The smallest absolute Gasteiger partial charge is 0.318 e. The number of aromatic hydroxyl groups is 2. The highest BCUT2D eigenvalue weighted by atomic mass is 16.7. The van der Waals surface area contributed by atoms with Gasteiger partial charge in [-0.3, -0.25) is 24.2 Å². The second kappa shape index (κ2) is 20.8. The molecule has 6 aliphatic rings. The Labute approximate surface area is 410 Å². The van der Waals surface area contributed by atoms with Crippen LogP contribution < -0.4 is 20.8 Å². The van der Waals surface area contributed by atoms with Crippen molar-refractivity contribution in [3.63, 3.8) is 0 Å². The van der Waals surface area contributed by atoms with E-state index in [9.17, 15) is 39.6 Å². The van der Waals surface area contributed by atoms with Gasteiger partial charge >= 0.3 is 11.8 Å². The Morgan fingerprint density at radius 2 is 1.57 bits per heavy atom. The number of nitrogens with zero attached hydrogens (tertiary/aromatic N) is 4. The fraction of sp³-hybridized carbons (Fsp3) is 0.623. The van der Waals surface area contributed by atoms with Crippen molar-refractivity contribution in [2.24, 2.45) is 45.5 Å². The first kappa shape index (κ1) is 52.5. The van der Waals surface area contributed by atoms with Crippen molar-refractivity contribution in [2.75, 3.05) is 45.2 Å². The monoisotopic (exact) mass is 972 g/mol. The Kier molecular flexibility index (Phi) is 15.6. The van der Waals surface area contributed by atoms with Crippen LogP contribution in [0.4, 0.5) is 5.69 Å². The average Bonchev–Trinajstić information content (AvgIpc) is 3.84. The second-order valence-electron chi connectivity index (χ2n) is 20.9. The van der Waals surface area contributed by atoms with Gasteiger partial charge in [0.25, 0.3) is 11.7 Å². The lowest BCUT2D eigenvalue weighted by Gasteiger charge is -2.38. The summed E-state index contributed by atoms with van der Waals surface area (Å²) in [6.07, 6.45) is 7.18. The molecule has 5 N–H and O–H groups in total. The molecule has 2 aromatic rings. The van der Waals surface area contributed by atoms with Crippen LogP contribution >= 0.6 is 0 Å². The number of Topliss-reactive ketones (excluding diaryl/α,β-unsaturated/α-hetero) is 1. The van der Waals surface area contributed by atoms with Crippen LogP contribution in [0, 0.1) is 42.4 Å². The summed E-state index contributed by atoms with van der Waals surface area (Å²) in [5.74, 6) is -8.83. The molecule has 1 spiro atoms. The van der Waals surface area contributed by atoms with Gasteiger partial charge in [-0.05, 0) is 52.0 Å². The first-order valence-corrected chi connectivity index (χ1v) is 24.9. The number of hydrogen-bond donors (Lipinski definition) is 5. The van der Waals surface area contributed by atoms with Crippen LogP contribution in [0.15, 0.2) is 46.1 Å². The predicted octanol–water partition coefficient (Wildman–Crippen LogP) is 5.38. The number of carbonyl (C=O) groups is 4. The molecule has 2 fully saturated rings. The van der Waals surface area contributed by atoms with Crippen molar-refractivity contribution in [1.82, 2.24) is 9.80 Å². The molecule has 0 radical (unpaired) electrons. The standard InChI is InChI=1S/C53H73N5O12/c1-27(2)26-57-23-19-53(20-24-57)55-39-36-37-44(61)33(8)47-38(36)48(63)52(10,70-47)68-25-18-35(67-11)30(5)46(69-51(66)34(9)50(65)58-21-13-12-14-22-58)32(7)43(60)31(6)42(59)28(3)16-15-17-29(4)49(64)54-41(45(37)62)40(39)56-53/h15-18,25,27-28,30-32,34-35,42-43,46,55,59-62H,12-14,19-24,26H2,1-11H3/b16-15+,25-18+,29-17-,54-41?/t28-,30+,31+,32+,34?,35-,42-,43+,46+,52-/m0/s1. The maximum Gasteiger partial charge on any atom is 0.318 e. The van der Waals surface area contributed by atoms with Gasteiger partial charge in [0.1, 0.15) is 39.9 Å². The first-order valence-electron chi connectivity index (χ1n) is 24.9. The van der Waals surface area contributed by atoms with Crippen molar-refractivity contribution in [2.45, 2.75) is 137 Å². The minimum atomic E-state index is -2.01. The number of aliphatic hydroxyl groups is 2. The van der Waals surface area contributed by atoms with E-state index in [1.54, 1.807) is 58.6 Å². The molecule has 382 valence electrons. The highest BCUT2D eigenvalue weighted by Gasteiger charge is 2.51. The number of esters is 1. The minimum absolute atomic E-state index is 0.0309. The molecule has 2 aromatic carbocycles. The van der Waals surface area contributed by atoms with Crippen LogP contribution in [-0.4, -0.2) is 129 Å². The average molecular weight is 972 g/mol. The van der Waals surface area contributed by atoms with Gasteiger partial charge in [-0.1, -0.05) is 59.8 Å². The number of ketones is 1. The highest BCUT2D eigenvalue weighted by Crippen LogP contribution is 2.51. The molecule has 8 rings (SSSR count). The number of benzene rings is 2. The molecule has 0 saturated carbocycles. The van der Waals surface area contributed by atoms with Gasteiger partial charge in [0.15, 0.2) is 5.75 Å². The Balaban J connectivity index is 1.34. The number of carbonyl (C=O) groups excluding carboxylic acids is 4. The molecule has 10 atom stereocenters. The Morgan fingerprint density at radius 1 is 0.900 bits per heavy atom. The second-order valence-corrected chi connectivity index (χ2v) is 20.9. The summed E-state index contributed by atoms with van der Waals surface area (Å²) >= 11 is 0. The van der Waals surface area contributed by atoms with Crippen LogP contribution in [0.3, 0.4) is 0 Å². The maximum atomic E-state index is 14.9. The summed E-state index contributed by atoms with van der Waals surface area (Å²) in [6.45, 7) is 20.7. The number of ether oxygens (including phenoxy) is 4. The van der Waals surface area contributed by atoms with Crippen LogP contribution in [0.2, 0.25) is 0 Å². The first-order chi connectivity index (χ1) is 33.0. The molecule has 6 heterocycles. The number of phenols is 2. The number of anilines is 1. The molecule has 5 bridgehead atoms. The summed E-state index contributed by atoms with van der Waals surface area (Å²) in [4.78, 5) is 70.0. The molecular weight excluding hydrogens is 899 g/mol. The van der Waals surface area contributed by atoms with E-state index in [2.05, 4.69) is 29.1 Å². The summed E-state index contributed by atoms with van der Waals surface area (Å²) < 4.78 is 24.7. The molecule has 2 amide bonds. The van der Waals surface area contributed by atoms with Crippen LogP contribution in [0.5, 0.6) is 17.2 Å². The molecular formula is C53H73N5O12. The predicted molar refractivity (Wildman–Crippen MR) is 262 cm³/mol. The van der Waals surface area contributed by atoms with Crippen LogP contribution in [0.1, 0.15) is 110 Å². The molecule has 6 aliphatic heterocycles. The number of nitrogens with one attached hydrogen (secondary N) is 1. The zero-order chi connectivity index (χ0) is 51.1. The number of hydrogen-bond acceptors (Lipinski definition) is 15. The van der Waals surface area contributed by atoms with E-state index in [0.29, 0.717) is 50.6 Å². The summed E-state index contributed by atoms with van der Waals surface area (Å²) in [5, 5.41) is 51.3. The number of allylic oxidation sites excluding steroid dienone is 2. The third kappa shape index (κ3) is 9.95. The van der Waals surface area contributed by atoms with Gasteiger partial charge in [0, 0.05) is 99.8 Å². The van der Waals surface area contributed by atoms with E-state index in [-0.39, 0.29) is 55.6 Å². The molecule has 70 heavy (non-hydrogen) atoms. The van der Waals surface area contributed by atoms with E-state index >= 15 is 0 Å². The van der Waals surface area contributed by atoms with Crippen molar-refractivity contribution in [3.05, 3.63) is 58.0 Å². The van der Waals surface area contributed by atoms with E-state index in [1.807, 2.05) is 0 Å². The van der Waals surface area contributed by atoms with Crippen molar-refractivity contribution >= 4 is 40.0 Å². The van der Waals surface area contributed by atoms with Crippen LogP contribution in [-0.2, 0) is 28.6 Å². The Morgan fingerprint density at radius 3 is 2.21 bits per heavy atom. The van der Waals surface area contributed by atoms with Gasteiger partial charge in [0.05, 0.1) is 41.2 Å². The zero-order valence-corrected chi connectivity index (χ0v) is 42.6. The lowest BCUT2D eigenvalue weighted by Crippen LogP contribution is -2.48. The Hall–Kier alpha value is -5.36. The normalized spacial score (nSPS) is 31.7. The third-order valence-electron chi connectivity index (χ3n) is 15.3. The van der Waals surface area contributed by atoms with E-state index in [0.717, 1.165) is 25.8 Å². The van der Waals surface area contributed by atoms with Gasteiger partial charge in [-0.15, -0.1) is 0 Å². The molecule has 17 heteroatoms. The number of aliphatic hydroxyl groups excluding tert-OH is 2. The zero-order valence-electron chi connectivity index (χ0n) is 42.6. The van der Waals surface area contributed by atoms with Crippen LogP contribution in [0.25, 0.3) is 10.8 Å². The fourth-order valence-electron chi connectivity index (χ4n) is 10.8. The highest BCUT2D eigenvalue weighted by molar-refractivity contribution is 6.21. The van der Waals surface area contributed by atoms with E-state index < -0.39 is 88.9 Å². The summed E-state index contributed by atoms with van der Waals surface area (Å²) in [7, 11) is 1.45. The number of methoxy groups -OCH3 is 1. The summed E-state index contributed by atoms with van der Waals surface area (Å²) in [6, 6.07) is 0. The largest absolute Gasteiger partial charge is 0.507 e. The lowest BCUT2D eigenvalue weighted by molar-refractivity contribution is -0.171. The van der Waals surface area contributed by atoms with Crippen molar-refractivity contribution < 1.29 is 58.6 Å². The van der Waals surface area contributed by atoms with Crippen molar-refractivity contribution in [1.29, 1.82) is 0 Å².